The topological polar surface area (TPSA) is 66.3 Å². The SMILES string of the molecule is [K+].[O-][I+2]([O-])O. The van der Waals surface area contributed by atoms with E-state index in [9.17, 15) is 0 Å². The van der Waals surface area contributed by atoms with E-state index in [1.54, 1.807) is 0 Å². The van der Waals surface area contributed by atoms with Crippen molar-refractivity contribution in [2.24, 2.45) is 0 Å². The summed E-state index contributed by atoms with van der Waals surface area (Å²) in [6.07, 6.45) is 0. The molecule has 0 fully saturated rings. The van der Waals surface area contributed by atoms with E-state index in [0.717, 1.165) is 0 Å². The van der Waals surface area contributed by atoms with Crippen LogP contribution in [0.1, 0.15) is 0 Å². The van der Waals surface area contributed by atoms with Gasteiger partial charge in [-0.25, -0.2) is 0 Å². The summed E-state index contributed by atoms with van der Waals surface area (Å²) < 4.78 is 24.5. The van der Waals surface area contributed by atoms with Crippen LogP contribution in [0.5, 0.6) is 0 Å². The first kappa shape index (κ1) is 10.3. The molecule has 0 rings (SSSR count). The van der Waals surface area contributed by atoms with Crippen LogP contribution in [-0.2, 0) is 0 Å². The van der Waals surface area contributed by atoms with Crippen LogP contribution < -0.4 is 79.3 Å². The Morgan fingerprint density at radius 2 is 1.40 bits per heavy atom. The molecule has 0 aliphatic carbocycles. The van der Waals surface area contributed by atoms with Crippen molar-refractivity contribution >= 4 is 0 Å². The van der Waals surface area contributed by atoms with E-state index in [2.05, 4.69) is 0 Å². The molecule has 0 radical (unpaired) electrons. The monoisotopic (exact) mass is 215 g/mol. The van der Waals surface area contributed by atoms with Crippen LogP contribution in [0.25, 0.3) is 0 Å². The minimum absolute atomic E-state index is 0. The third-order valence-corrected chi connectivity index (χ3v) is 0. The summed E-state index contributed by atoms with van der Waals surface area (Å²) in [6, 6.07) is 0. The van der Waals surface area contributed by atoms with Gasteiger partial charge in [-0.15, -0.1) is 0 Å². The van der Waals surface area contributed by atoms with Crippen molar-refractivity contribution < 1.29 is 82.8 Å². The molecule has 0 aromatic rings. The van der Waals surface area contributed by atoms with E-state index in [-0.39, 0.29) is 51.4 Å². The third kappa shape index (κ3) is 22.3. The Balaban J connectivity index is 0. The van der Waals surface area contributed by atoms with Crippen molar-refractivity contribution in [2.45, 2.75) is 0 Å². The first-order chi connectivity index (χ1) is 1.73. The Morgan fingerprint density at radius 3 is 1.40 bits per heavy atom. The molecule has 0 aliphatic rings. The molecule has 0 aliphatic heterocycles. The van der Waals surface area contributed by atoms with Gasteiger partial charge in [0.25, 0.3) is 0 Å². The van der Waals surface area contributed by atoms with Gasteiger partial charge in [-0.05, 0) is 3.44 Å². The van der Waals surface area contributed by atoms with Gasteiger partial charge in [-0.3, -0.25) is 0 Å². The fourth-order valence-corrected chi connectivity index (χ4v) is 0. The van der Waals surface area contributed by atoms with E-state index in [0.29, 0.717) is 0 Å². The Hall–Kier alpha value is 2.25. The van der Waals surface area contributed by atoms with Crippen LogP contribution in [0.3, 0.4) is 0 Å². The van der Waals surface area contributed by atoms with E-state index >= 15 is 0 Å². The van der Waals surface area contributed by atoms with Crippen molar-refractivity contribution in [3.05, 3.63) is 0 Å². The molecular formula is HIKO3+. The van der Waals surface area contributed by atoms with Crippen molar-refractivity contribution in [3.63, 3.8) is 0 Å². The Labute approximate surface area is 80.8 Å². The molecule has 5 heavy (non-hydrogen) atoms. The number of halogens is 1. The van der Waals surface area contributed by atoms with Crippen molar-refractivity contribution in [3.8, 4) is 0 Å². The summed E-state index contributed by atoms with van der Waals surface area (Å²) >= 11 is -3.76. The molecular weight excluding hydrogens is 214 g/mol. The largest absolute Gasteiger partial charge is 1.00 e. The Bertz CT molecular complexity index is 11.6. The Kier molecular flexibility index (Phi) is 12.8. The van der Waals surface area contributed by atoms with E-state index in [1.165, 1.54) is 0 Å². The predicted octanol–water partition coefficient (Wildman–Crippen LogP) is -8.93. The average molecular weight is 215 g/mol. The van der Waals surface area contributed by atoms with Gasteiger partial charge >= 0.3 is 72.4 Å². The van der Waals surface area contributed by atoms with E-state index in [1.807, 2.05) is 0 Å². The van der Waals surface area contributed by atoms with Crippen LogP contribution in [0.4, 0.5) is 0 Å². The number of hydrogen-bond acceptors (Lipinski definition) is 3. The minimum atomic E-state index is -3.76. The van der Waals surface area contributed by atoms with Gasteiger partial charge < -0.3 is 6.87 Å². The number of rotatable bonds is 0. The van der Waals surface area contributed by atoms with Crippen molar-refractivity contribution in [2.75, 3.05) is 0 Å². The van der Waals surface area contributed by atoms with Crippen LogP contribution in [0.15, 0.2) is 0 Å². The zero-order chi connectivity index (χ0) is 3.58. The van der Waals surface area contributed by atoms with Gasteiger partial charge in [0.05, 0.1) is 0 Å². The molecule has 0 aromatic carbocycles. The summed E-state index contributed by atoms with van der Waals surface area (Å²) in [5.41, 5.74) is 0. The molecule has 0 aromatic heterocycles. The summed E-state index contributed by atoms with van der Waals surface area (Å²) in [7, 11) is 0. The number of hydrogen-bond donors (Lipinski definition) is 1. The first-order valence-electron chi connectivity index (χ1n) is 0.478. The molecule has 0 amide bonds. The molecule has 0 atom stereocenters. The smallest absolute Gasteiger partial charge is 0.396 e. The normalized spacial score (nSPS) is 7.20. The zero-order valence-corrected chi connectivity index (χ0v) is 7.92. The summed E-state index contributed by atoms with van der Waals surface area (Å²) in [5, 5.41) is 0. The van der Waals surface area contributed by atoms with Crippen molar-refractivity contribution in [1.29, 1.82) is 0 Å². The summed E-state index contributed by atoms with van der Waals surface area (Å²) in [6.45, 7) is 0. The molecule has 0 saturated heterocycles. The molecule has 3 nitrogen and oxygen atoms in total. The molecule has 0 spiro atoms. The second-order valence-corrected chi connectivity index (χ2v) is 1.35. The maximum absolute atomic E-state index is 8.68. The Morgan fingerprint density at radius 1 is 1.40 bits per heavy atom. The van der Waals surface area contributed by atoms with E-state index in [4.69, 9.17) is 10.3 Å². The van der Waals surface area contributed by atoms with Gasteiger partial charge in [-0.1, -0.05) is 0 Å². The summed E-state index contributed by atoms with van der Waals surface area (Å²) in [4.78, 5) is 0. The maximum atomic E-state index is 8.68. The van der Waals surface area contributed by atoms with Crippen LogP contribution >= 0.6 is 0 Å². The summed E-state index contributed by atoms with van der Waals surface area (Å²) in [5.74, 6) is 0. The third-order valence-electron chi connectivity index (χ3n) is 0. The second kappa shape index (κ2) is 6.25. The van der Waals surface area contributed by atoms with Gasteiger partial charge in [0, 0.05) is 0 Å². The molecule has 26 valence electrons. The molecule has 0 bridgehead atoms. The van der Waals surface area contributed by atoms with Crippen molar-refractivity contribution in [1.82, 2.24) is 0 Å². The molecule has 5 heteroatoms. The fraction of sp³-hybridized carbons (Fsp3) is 0. The van der Waals surface area contributed by atoms with Gasteiger partial charge in [0.1, 0.15) is 0 Å². The van der Waals surface area contributed by atoms with Crippen LogP contribution in [0, 0.1) is 0 Å². The molecule has 0 heterocycles. The van der Waals surface area contributed by atoms with Gasteiger partial charge in [0.2, 0.25) is 0 Å². The minimum Gasteiger partial charge on any atom is -0.396 e. The molecule has 0 unspecified atom stereocenters. The second-order valence-electron chi connectivity index (χ2n) is 0.201. The van der Waals surface area contributed by atoms with Gasteiger partial charge in [0.15, 0.2) is 0 Å². The van der Waals surface area contributed by atoms with Gasteiger partial charge in [-0.2, -0.15) is 0 Å². The standard InChI is InChI=1S/HIO3.K/c2-1(3)4;/h2H;/q;+1. The predicted molar refractivity (Wildman–Crippen MR) is 2.22 cm³/mol. The van der Waals surface area contributed by atoms with Crippen LogP contribution in [0.2, 0.25) is 0 Å². The first-order valence-corrected chi connectivity index (χ1v) is 3.20. The average Bonchev–Trinajstić information content (AvgIpc) is 0.811. The quantitative estimate of drug-likeness (QED) is 0.322. The zero-order valence-electron chi connectivity index (χ0n) is 2.64. The fourth-order valence-electron chi connectivity index (χ4n) is 0. The maximum Gasteiger partial charge on any atom is 1.00 e. The molecule has 1 N–H and O–H groups in total. The van der Waals surface area contributed by atoms with Crippen LogP contribution in [-0.4, -0.2) is 3.44 Å². The molecule has 0 saturated carbocycles. The van der Waals surface area contributed by atoms with E-state index < -0.39 is 21.1 Å².